The van der Waals surface area contributed by atoms with Crippen LogP contribution in [0.15, 0.2) is 6.33 Å². The number of aromatic nitrogens is 2. The third-order valence-corrected chi connectivity index (χ3v) is 2.23. The second-order valence-electron chi connectivity index (χ2n) is 3.17. The van der Waals surface area contributed by atoms with Gasteiger partial charge in [0.2, 0.25) is 5.88 Å². The lowest BCUT2D eigenvalue weighted by molar-refractivity contribution is 0.400. The lowest BCUT2D eigenvalue weighted by Gasteiger charge is -2.06. The predicted molar refractivity (Wildman–Crippen MR) is 48.7 cm³/mol. The molecule has 0 bridgehead atoms. The Morgan fingerprint density at radius 2 is 2.25 bits per heavy atom. The number of rotatable bonds is 2. The van der Waals surface area contributed by atoms with Crippen LogP contribution in [0, 0.1) is 0 Å². The summed E-state index contributed by atoms with van der Waals surface area (Å²) in [5.74, 6) is 1.38. The molecule has 1 aliphatic carbocycles. The lowest BCUT2D eigenvalue weighted by Crippen LogP contribution is -2.16. The average molecular weight is 162 g/mol. The van der Waals surface area contributed by atoms with Gasteiger partial charge in [-0.25, -0.2) is 9.97 Å². The first-order valence-electron chi connectivity index (χ1n) is 4.18. The molecule has 4 heteroatoms. The van der Waals surface area contributed by atoms with Gasteiger partial charge in [0.05, 0.1) is 7.11 Å². The molecule has 0 unspecified atom stereocenters. The highest BCUT2D eigenvalue weighted by Gasteiger charge is 2.27. The molecule has 1 saturated carbocycles. The molecule has 62 valence electrons. The molecular formula is C8H11BN2O. The fourth-order valence-corrected chi connectivity index (χ4v) is 1.42. The molecule has 1 aromatic heterocycles. The summed E-state index contributed by atoms with van der Waals surface area (Å²) in [6, 6.07) is 0. The van der Waals surface area contributed by atoms with Gasteiger partial charge in [0.15, 0.2) is 0 Å². The van der Waals surface area contributed by atoms with Crippen molar-refractivity contribution < 1.29 is 4.74 Å². The summed E-state index contributed by atoms with van der Waals surface area (Å²) in [5.41, 5.74) is 2.27. The first-order valence-corrected chi connectivity index (χ1v) is 4.18. The zero-order valence-electron chi connectivity index (χ0n) is 7.37. The SMILES string of the molecule is Bc1c(OC)ncnc1C1CC1. The zero-order valence-corrected chi connectivity index (χ0v) is 7.37. The van der Waals surface area contributed by atoms with Crippen LogP contribution in [0.2, 0.25) is 0 Å². The van der Waals surface area contributed by atoms with Crippen molar-refractivity contribution in [3.8, 4) is 5.88 Å². The van der Waals surface area contributed by atoms with Gasteiger partial charge in [-0.1, -0.05) is 0 Å². The molecule has 0 amide bonds. The second kappa shape index (κ2) is 2.77. The number of methoxy groups -OCH3 is 1. The zero-order chi connectivity index (χ0) is 8.55. The maximum atomic E-state index is 5.11. The summed E-state index contributed by atoms with van der Waals surface area (Å²) >= 11 is 0. The van der Waals surface area contributed by atoms with Crippen LogP contribution >= 0.6 is 0 Å². The standard InChI is InChI=1S/C8H11BN2O/c1-12-8-6(9)7(5-2-3-5)10-4-11-8/h4-5H,2-3,9H2,1H3. The van der Waals surface area contributed by atoms with Gasteiger partial charge in [-0.05, 0) is 18.3 Å². The average Bonchev–Trinajstić information content (AvgIpc) is 2.88. The van der Waals surface area contributed by atoms with E-state index in [9.17, 15) is 0 Å². The van der Waals surface area contributed by atoms with Crippen molar-refractivity contribution in [3.63, 3.8) is 0 Å². The highest BCUT2D eigenvalue weighted by atomic mass is 16.5. The summed E-state index contributed by atoms with van der Waals surface area (Å²) in [7, 11) is 3.67. The van der Waals surface area contributed by atoms with Crippen molar-refractivity contribution in [2.75, 3.05) is 7.11 Å². The van der Waals surface area contributed by atoms with Crippen LogP contribution in [0.3, 0.4) is 0 Å². The van der Waals surface area contributed by atoms with E-state index in [0.29, 0.717) is 11.8 Å². The van der Waals surface area contributed by atoms with Crippen molar-refractivity contribution in [2.24, 2.45) is 0 Å². The first-order chi connectivity index (χ1) is 5.83. The molecule has 0 saturated heterocycles. The maximum Gasteiger partial charge on any atom is 0.209 e. The Hall–Kier alpha value is -1.06. The van der Waals surface area contributed by atoms with Crippen molar-refractivity contribution in [1.82, 2.24) is 9.97 Å². The third-order valence-electron chi connectivity index (χ3n) is 2.23. The van der Waals surface area contributed by atoms with Gasteiger partial charge in [-0.15, -0.1) is 0 Å². The fourth-order valence-electron chi connectivity index (χ4n) is 1.42. The number of hydrogen-bond donors (Lipinski definition) is 0. The Morgan fingerprint density at radius 1 is 1.50 bits per heavy atom. The lowest BCUT2D eigenvalue weighted by atomic mass is 9.93. The monoisotopic (exact) mass is 162 g/mol. The van der Waals surface area contributed by atoms with E-state index in [1.807, 2.05) is 7.85 Å². The molecule has 0 radical (unpaired) electrons. The van der Waals surface area contributed by atoms with E-state index in [4.69, 9.17) is 4.74 Å². The first kappa shape index (κ1) is 7.59. The molecule has 0 aliphatic heterocycles. The largest absolute Gasteiger partial charge is 0.481 e. The third kappa shape index (κ3) is 1.17. The van der Waals surface area contributed by atoms with Gasteiger partial charge >= 0.3 is 0 Å². The Morgan fingerprint density at radius 3 is 2.83 bits per heavy atom. The Bertz CT molecular complexity index is 299. The van der Waals surface area contributed by atoms with E-state index in [1.54, 1.807) is 13.4 Å². The van der Waals surface area contributed by atoms with Gasteiger partial charge in [-0.2, -0.15) is 0 Å². The summed E-state index contributed by atoms with van der Waals surface area (Å²) in [5, 5.41) is 0. The fraction of sp³-hybridized carbons (Fsp3) is 0.500. The van der Waals surface area contributed by atoms with E-state index < -0.39 is 0 Å². The van der Waals surface area contributed by atoms with Crippen LogP contribution in [0.1, 0.15) is 24.5 Å². The predicted octanol–water partition coefficient (Wildman–Crippen LogP) is -0.379. The van der Waals surface area contributed by atoms with E-state index >= 15 is 0 Å². The van der Waals surface area contributed by atoms with Crippen molar-refractivity contribution in [2.45, 2.75) is 18.8 Å². The van der Waals surface area contributed by atoms with Crippen LogP contribution in [0.25, 0.3) is 0 Å². The molecule has 0 spiro atoms. The summed E-state index contributed by atoms with van der Waals surface area (Å²) in [6.07, 6.45) is 4.11. The number of ether oxygens (including phenoxy) is 1. The van der Waals surface area contributed by atoms with Crippen LogP contribution in [-0.4, -0.2) is 24.9 Å². The smallest absolute Gasteiger partial charge is 0.209 e. The summed E-state index contributed by atoms with van der Waals surface area (Å²) in [4.78, 5) is 8.29. The minimum atomic E-state index is 0.668. The number of nitrogens with zero attached hydrogens (tertiary/aromatic N) is 2. The minimum absolute atomic E-state index is 0.668. The topological polar surface area (TPSA) is 35.0 Å². The Kier molecular flexibility index (Phi) is 1.75. The van der Waals surface area contributed by atoms with Crippen molar-refractivity contribution in [3.05, 3.63) is 12.0 Å². The van der Waals surface area contributed by atoms with Crippen LogP contribution in [0.4, 0.5) is 0 Å². The van der Waals surface area contributed by atoms with E-state index in [2.05, 4.69) is 9.97 Å². The van der Waals surface area contributed by atoms with E-state index in [0.717, 1.165) is 5.46 Å². The summed E-state index contributed by atoms with van der Waals surface area (Å²) in [6.45, 7) is 0. The van der Waals surface area contributed by atoms with Gasteiger partial charge in [0, 0.05) is 11.6 Å². The molecule has 1 aliphatic rings. The quantitative estimate of drug-likeness (QED) is 0.556. The van der Waals surface area contributed by atoms with Gasteiger partial charge in [-0.3, -0.25) is 0 Å². The van der Waals surface area contributed by atoms with Crippen LogP contribution < -0.4 is 10.2 Å². The molecule has 0 N–H and O–H groups in total. The van der Waals surface area contributed by atoms with E-state index in [1.165, 1.54) is 18.5 Å². The molecule has 2 rings (SSSR count). The van der Waals surface area contributed by atoms with Gasteiger partial charge < -0.3 is 4.74 Å². The van der Waals surface area contributed by atoms with Gasteiger partial charge in [0.1, 0.15) is 14.2 Å². The number of hydrogen-bond acceptors (Lipinski definition) is 3. The van der Waals surface area contributed by atoms with Crippen LogP contribution in [0.5, 0.6) is 5.88 Å². The normalized spacial score (nSPS) is 16.1. The molecule has 0 aromatic carbocycles. The molecule has 1 heterocycles. The van der Waals surface area contributed by atoms with Crippen LogP contribution in [-0.2, 0) is 0 Å². The maximum absolute atomic E-state index is 5.11. The van der Waals surface area contributed by atoms with Crippen molar-refractivity contribution in [1.29, 1.82) is 0 Å². The second-order valence-corrected chi connectivity index (χ2v) is 3.17. The molecule has 1 fully saturated rings. The molecule has 3 nitrogen and oxygen atoms in total. The molecule has 0 atom stereocenters. The van der Waals surface area contributed by atoms with Gasteiger partial charge in [0.25, 0.3) is 0 Å². The van der Waals surface area contributed by atoms with Crippen molar-refractivity contribution >= 4 is 13.3 Å². The molecule has 1 aromatic rings. The Labute approximate surface area is 72.6 Å². The summed E-state index contributed by atoms with van der Waals surface area (Å²) < 4.78 is 5.11. The Balaban J connectivity index is 2.40. The highest BCUT2D eigenvalue weighted by molar-refractivity contribution is 6.34. The molecule has 12 heavy (non-hydrogen) atoms. The molecular weight excluding hydrogens is 151 g/mol. The minimum Gasteiger partial charge on any atom is -0.481 e. The highest BCUT2D eigenvalue weighted by Crippen LogP contribution is 2.38. The van der Waals surface area contributed by atoms with E-state index in [-0.39, 0.29) is 0 Å².